The van der Waals surface area contributed by atoms with Crippen molar-refractivity contribution in [2.75, 3.05) is 5.32 Å². The summed E-state index contributed by atoms with van der Waals surface area (Å²) in [5.74, 6) is -0.382. The Morgan fingerprint density at radius 1 is 1.23 bits per heavy atom. The van der Waals surface area contributed by atoms with Gasteiger partial charge in [-0.3, -0.25) is 4.79 Å². The van der Waals surface area contributed by atoms with Gasteiger partial charge < -0.3 is 20.9 Å². The second kappa shape index (κ2) is 8.29. The van der Waals surface area contributed by atoms with Crippen LogP contribution in [-0.2, 0) is 11.2 Å². The van der Waals surface area contributed by atoms with Crippen molar-refractivity contribution < 1.29 is 19.4 Å². The Kier molecular flexibility index (Phi) is 6.34. The average molecular weight is 397 g/mol. The van der Waals surface area contributed by atoms with Gasteiger partial charge in [0.15, 0.2) is 11.5 Å². The predicted octanol–water partition coefficient (Wildman–Crippen LogP) is 4.34. The highest BCUT2D eigenvalue weighted by atomic mass is 35.5. The van der Waals surface area contributed by atoms with Crippen LogP contribution in [0.4, 0.5) is 10.5 Å². The molecule has 138 valence electrons. The Bertz CT molecular complexity index is 869. The van der Waals surface area contributed by atoms with E-state index in [1.54, 1.807) is 38.1 Å². The van der Waals surface area contributed by atoms with Crippen LogP contribution in [0.2, 0.25) is 10.0 Å². The number of amides is 2. The molecular weight excluding hydrogens is 379 g/mol. The van der Waals surface area contributed by atoms with Gasteiger partial charge in [-0.05, 0) is 55.2 Å². The number of ether oxygens (including phenoxy) is 1. The minimum Gasteiger partial charge on any atom is -0.504 e. The summed E-state index contributed by atoms with van der Waals surface area (Å²) in [6.07, 6.45) is -0.478. The molecule has 6 nitrogen and oxygen atoms in total. The number of benzene rings is 2. The van der Waals surface area contributed by atoms with Crippen LogP contribution in [0.1, 0.15) is 23.1 Å². The molecule has 0 bridgehead atoms. The third-order valence-corrected chi connectivity index (χ3v) is 4.38. The summed E-state index contributed by atoms with van der Waals surface area (Å²) in [6, 6.07) is 6.53. The number of carbonyl (C=O) groups is 2. The summed E-state index contributed by atoms with van der Waals surface area (Å²) in [7, 11) is 0. The van der Waals surface area contributed by atoms with E-state index in [2.05, 4.69) is 5.32 Å². The molecule has 0 saturated carbocycles. The second-order valence-corrected chi connectivity index (χ2v) is 6.59. The zero-order valence-corrected chi connectivity index (χ0v) is 15.7. The molecule has 0 aromatic heterocycles. The smallest absolute Gasteiger partial charge is 0.410 e. The van der Waals surface area contributed by atoms with Gasteiger partial charge in [-0.1, -0.05) is 29.3 Å². The lowest BCUT2D eigenvalue weighted by molar-refractivity contribution is -0.116. The summed E-state index contributed by atoms with van der Waals surface area (Å²) in [6.45, 7) is 3.35. The zero-order valence-electron chi connectivity index (χ0n) is 14.2. The molecule has 2 amide bonds. The van der Waals surface area contributed by atoms with Gasteiger partial charge in [0.25, 0.3) is 0 Å². The number of carbonyl (C=O) groups excluding carboxylic acids is 2. The lowest BCUT2D eigenvalue weighted by atomic mass is 9.99. The highest BCUT2D eigenvalue weighted by molar-refractivity contribution is 6.36. The first-order valence-electron chi connectivity index (χ1n) is 7.73. The van der Waals surface area contributed by atoms with Crippen LogP contribution in [0, 0.1) is 13.8 Å². The number of rotatable bonds is 5. The van der Waals surface area contributed by atoms with Crippen molar-refractivity contribution in [3.05, 3.63) is 51.0 Å². The lowest BCUT2D eigenvalue weighted by Crippen LogP contribution is -2.18. The molecule has 0 saturated heterocycles. The van der Waals surface area contributed by atoms with Crippen molar-refractivity contribution in [3.8, 4) is 11.5 Å². The molecule has 0 unspecified atom stereocenters. The van der Waals surface area contributed by atoms with E-state index in [4.69, 9.17) is 33.7 Å². The monoisotopic (exact) mass is 396 g/mol. The summed E-state index contributed by atoms with van der Waals surface area (Å²) < 4.78 is 4.89. The number of aryl methyl sites for hydroxylation is 2. The van der Waals surface area contributed by atoms with E-state index >= 15 is 0 Å². The van der Waals surface area contributed by atoms with Crippen molar-refractivity contribution in [1.29, 1.82) is 0 Å². The first-order chi connectivity index (χ1) is 12.2. The molecule has 0 fully saturated rings. The largest absolute Gasteiger partial charge is 0.504 e. The van der Waals surface area contributed by atoms with Crippen molar-refractivity contribution >= 4 is 40.9 Å². The van der Waals surface area contributed by atoms with Crippen LogP contribution >= 0.6 is 23.2 Å². The molecular formula is C18H18Cl2N2O4. The third-order valence-electron chi connectivity index (χ3n) is 3.83. The number of aromatic hydroxyl groups is 1. The molecule has 0 radical (unpaired) electrons. The van der Waals surface area contributed by atoms with E-state index in [-0.39, 0.29) is 23.8 Å². The lowest BCUT2D eigenvalue weighted by Gasteiger charge is -2.15. The van der Waals surface area contributed by atoms with E-state index in [9.17, 15) is 14.7 Å². The summed E-state index contributed by atoms with van der Waals surface area (Å²) in [5.41, 5.74) is 7.33. The van der Waals surface area contributed by atoms with Crippen LogP contribution < -0.4 is 15.8 Å². The second-order valence-electron chi connectivity index (χ2n) is 5.75. The summed E-state index contributed by atoms with van der Waals surface area (Å²) in [5, 5.41) is 13.6. The Morgan fingerprint density at radius 3 is 2.54 bits per heavy atom. The number of hydrogen-bond donors (Lipinski definition) is 3. The fourth-order valence-corrected chi connectivity index (χ4v) is 2.93. The van der Waals surface area contributed by atoms with Crippen LogP contribution in [-0.4, -0.2) is 17.1 Å². The van der Waals surface area contributed by atoms with E-state index in [1.165, 1.54) is 0 Å². The van der Waals surface area contributed by atoms with E-state index in [0.29, 0.717) is 33.3 Å². The Hall–Kier alpha value is -2.44. The molecule has 0 aliphatic rings. The SMILES string of the molecule is Cc1cc(CCC(=O)Nc2ccc(Cl)cc2Cl)c(C)c(OC(N)=O)c1O. The topological polar surface area (TPSA) is 102 Å². The summed E-state index contributed by atoms with van der Waals surface area (Å²) in [4.78, 5) is 23.2. The fraction of sp³-hybridized carbons (Fsp3) is 0.222. The first-order valence-corrected chi connectivity index (χ1v) is 8.49. The number of hydrogen-bond acceptors (Lipinski definition) is 4. The van der Waals surface area contributed by atoms with Crippen LogP contribution in [0.25, 0.3) is 0 Å². The molecule has 0 spiro atoms. The van der Waals surface area contributed by atoms with Gasteiger partial charge >= 0.3 is 6.09 Å². The van der Waals surface area contributed by atoms with Crippen LogP contribution in [0.3, 0.4) is 0 Å². The minimum absolute atomic E-state index is 0.00801. The third kappa shape index (κ3) is 4.80. The molecule has 2 rings (SSSR count). The predicted molar refractivity (Wildman–Crippen MR) is 101 cm³/mol. The molecule has 0 aliphatic heterocycles. The number of phenols is 1. The highest BCUT2D eigenvalue weighted by Gasteiger charge is 2.17. The van der Waals surface area contributed by atoms with Gasteiger partial charge in [0, 0.05) is 11.4 Å². The number of primary amides is 1. The average Bonchev–Trinajstić information content (AvgIpc) is 2.56. The van der Waals surface area contributed by atoms with Crippen molar-refractivity contribution in [2.24, 2.45) is 5.73 Å². The number of nitrogens with two attached hydrogens (primary N) is 1. The highest BCUT2D eigenvalue weighted by Crippen LogP contribution is 2.36. The molecule has 26 heavy (non-hydrogen) atoms. The molecule has 0 atom stereocenters. The normalized spacial score (nSPS) is 10.5. The van der Waals surface area contributed by atoms with Gasteiger partial charge in [0.05, 0.1) is 10.7 Å². The standard InChI is InChI=1S/C18H18Cl2N2O4/c1-9-7-11(10(2)17(16(9)24)26-18(21)25)3-6-15(23)22-14-5-4-12(19)8-13(14)20/h4-5,7-8,24H,3,6H2,1-2H3,(H2,21,25)(H,22,23). The Balaban J connectivity index is 2.12. The molecule has 2 aromatic carbocycles. The Morgan fingerprint density at radius 2 is 1.92 bits per heavy atom. The number of phenolic OH excluding ortho intramolecular Hbond substituents is 1. The number of halogens is 2. The maximum atomic E-state index is 12.2. The van der Waals surface area contributed by atoms with Crippen LogP contribution in [0.5, 0.6) is 11.5 Å². The fourth-order valence-electron chi connectivity index (χ4n) is 2.48. The molecule has 2 aromatic rings. The maximum absolute atomic E-state index is 12.2. The Labute approximate surface area is 160 Å². The quantitative estimate of drug-likeness (QED) is 0.698. The summed E-state index contributed by atoms with van der Waals surface area (Å²) >= 11 is 11.9. The maximum Gasteiger partial charge on any atom is 0.410 e. The molecule has 0 heterocycles. The van der Waals surface area contributed by atoms with Crippen molar-refractivity contribution in [3.63, 3.8) is 0 Å². The van der Waals surface area contributed by atoms with Crippen molar-refractivity contribution in [2.45, 2.75) is 26.7 Å². The van der Waals surface area contributed by atoms with Gasteiger partial charge in [0.1, 0.15) is 0 Å². The molecule has 0 aliphatic carbocycles. The molecule has 8 heteroatoms. The van der Waals surface area contributed by atoms with Gasteiger partial charge in [-0.2, -0.15) is 0 Å². The number of nitrogens with one attached hydrogen (secondary N) is 1. The van der Waals surface area contributed by atoms with Gasteiger partial charge in [-0.15, -0.1) is 0 Å². The van der Waals surface area contributed by atoms with Gasteiger partial charge in [0.2, 0.25) is 5.91 Å². The van der Waals surface area contributed by atoms with Gasteiger partial charge in [-0.25, -0.2) is 4.79 Å². The molecule has 4 N–H and O–H groups in total. The van der Waals surface area contributed by atoms with E-state index in [1.807, 2.05) is 0 Å². The van der Waals surface area contributed by atoms with E-state index < -0.39 is 6.09 Å². The zero-order chi connectivity index (χ0) is 19.4. The number of anilines is 1. The minimum atomic E-state index is -1.02. The van der Waals surface area contributed by atoms with E-state index in [0.717, 1.165) is 5.56 Å². The van der Waals surface area contributed by atoms with Crippen molar-refractivity contribution in [1.82, 2.24) is 0 Å². The first kappa shape index (κ1) is 19.9. The van der Waals surface area contributed by atoms with Crippen LogP contribution in [0.15, 0.2) is 24.3 Å².